The maximum Gasteiger partial charge on any atom is 0.356 e. The van der Waals surface area contributed by atoms with Crippen molar-refractivity contribution in [1.82, 2.24) is 20.7 Å². The second-order valence-electron chi connectivity index (χ2n) is 8.48. The first-order valence-electron chi connectivity index (χ1n) is 11.9. The van der Waals surface area contributed by atoms with Gasteiger partial charge in [-0.2, -0.15) is 0 Å². The van der Waals surface area contributed by atoms with Crippen LogP contribution in [0.25, 0.3) is 11.3 Å². The van der Waals surface area contributed by atoms with Crippen LogP contribution in [-0.2, 0) is 14.2 Å². The molecule has 1 aromatic carbocycles. The van der Waals surface area contributed by atoms with Gasteiger partial charge in [-0.1, -0.05) is 39.2 Å². The number of unbranched alkanes of at least 4 members (excludes halogenated alkanes) is 2. The Morgan fingerprint density at radius 2 is 1.86 bits per heavy atom. The number of phenolic OH excluding ortho intramolecular Hbond substituents is 1. The van der Waals surface area contributed by atoms with E-state index in [1.807, 2.05) is 6.92 Å². The molecule has 6 N–H and O–H groups in total. The van der Waals surface area contributed by atoms with Crippen LogP contribution < -0.4 is 15.9 Å². The van der Waals surface area contributed by atoms with Gasteiger partial charge >= 0.3 is 7.60 Å². The number of pyridine rings is 1. The van der Waals surface area contributed by atoms with Crippen molar-refractivity contribution in [3.8, 4) is 17.0 Å². The van der Waals surface area contributed by atoms with E-state index in [0.29, 0.717) is 17.9 Å². The van der Waals surface area contributed by atoms with Crippen molar-refractivity contribution >= 4 is 31.1 Å². The highest BCUT2D eigenvalue weighted by atomic mass is 31.2. The first-order chi connectivity index (χ1) is 17.5. The minimum atomic E-state index is -4.63. The molecule has 0 spiro atoms. The number of nitrogens with one attached hydrogen (secondary N) is 2. The molecule has 0 aliphatic heterocycles. The lowest BCUT2D eigenvalue weighted by Gasteiger charge is -2.29. The molecule has 12 nitrogen and oxygen atoms in total. The smallest absolute Gasteiger partial charge is 0.356 e. The number of hydrogen-bond donors (Lipinski definition) is 6. The summed E-state index contributed by atoms with van der Waals surface area (Å²) < 4.78 is 11.6. The summed E-state index contributed by atoms with van der Waals surface area (Å²) in [7, 11) is -4.63. The molecule has 2 aromatic rings. The topological polar surface area (TPSA) is 189 Å². The highest BCUT2D eigenvalue weighted by Gasteiger charge is 2.30. The van der Waals surface area contributed by atoms with Crippen molar-refractivity contribution in [3.05, 3.63) is 42.1 Å². The standard InChI is InChI=1S/C24H33N4O8P/c1-3-5-6-8-19(22(4-2)28(33)15-29)23(31)25-14-26-24(32)21-10-7-9-20(27-21)16-11-17(30)13-18(12-16)37(34,35)36/h7,9-13,15,19,22,30,33H,3-6,8,14H2,1-2H3,(H,25,31)(H,26,32)(H2,34,35,36). The van der Waals surface area contributed by atoms with Gasteiger partial charge in [-0.15, -0.1) is 0 Å². The summed E-state index contributed by atoms with van der Waals surface area (Å²) in [6.07, 6.45) is 3.65. The third-order valence-corrected chi connectivity index (χ3v) is 6.74. The number of aromatic nitrogens is 1. The van der Waals surface area contributed by atoms with Crippen LogP contribution in [0.2, 0.25) is 0 Å². The molecule has 1 aromatic heterocycles. The second kappa shape index (κ2) is 13.8. The maximum absolute atomic E-state index is 12.8. The Labute approximate surface area is 214 Å². The Kier molecular flexibility index (Phi) is 11.2. The van der Waals surface area contributed by atoms with Crippen LogP contribution in [0.1, 0.15) is 56.4 Å². The highest BCUT2D eigenvalue weighted by Crippen LogP contribution is 2.36. The molecule has 3 amide bonds. The van der Waals surface area contributed by atoms with E-state index in [4.69, 9.17) is 0 Å². The van der Waals surface area contributed by atoms with Gasteiger partial charge in [-0.25, -0.2) is 10.0 Å². The molecular formula is C24H33N4O8P. The van der Waals surface area contributed by atoms with Gasteiger partial charge < -0.3 is 25.5 Å². The zero-order valence-corrected chi connectivity index (χ0v) is 21.6. The number of phenols is 1. The van der Waals surface area contributed by atoms with Crippen molar-refractivity contribution < 1.29 is 39.0 Å². The largest absolute Gasteiger partial charge is 0.508 e. The number of benzene rings is 1. The highest BCUT2D eigenvalue weighted by molar-refractivity contribution is 7.60. The fourth-order valence-electron chi connectivity index (χ4n) is 3.91. The van der Waals surface area contributed by atoms with E-state index in [-0.39, 0.29) is 35.8 Å². The molecular weight excluding hydrogens is 503 g/mol. The number of nitrogens with zero attached hydrogens (tertiary/aromatic N) is 2. The van der Waals surface area contributed by atoms with E-state index in [9.17, 15) is 39.0 Å². The van der Waals surface area contributed by atoms with E-state index in [0.717, 1.165) is 25.3 Å². The first-order valence-corrected chi connectivity index (χ1v) is 13.5. The number of carbonyl (C=O) groups excluding carboxylic acids is 3. The van der Waals surface area contributed by atoms with E-state index in [1.54, 1.807) is 6.92 Å². The number of hydroxylamine groups is 2. The molecule has 0 aliphatic carbocycles. The molecule has 0 saturated heterocycles. The van der Waals surface area contributed by atoms with Gasteiger partial charge in [0.05, 0.1) is 29.6 Å². The number of rotatable bonds is 14. The monoisotopic (exact) mass is 536 g/mol. The molecule has 0 radical (unpaired) electrons. The zero-order valence-electron chi connectivity index (χ0n) is 20.7. The third kappa shape index (κ3) is 8.64. The van der Waals surface area contributed by atoms with Gasteiger partial charge in [0.2, 0.25) is 12.3 Å². The van der Waals surface area contributed by atoms with Crippen LogP contribution in [0.15, 0.2) is 36.4 Å². The SMILES string of the molecule is CCCCCC(C(=O)NCNC(=O)c1cccc(-c2cc(O)cc(P(=O)(O)O)c2)n1)C(CC)N(O)C=O. The van der Waals surface area contributed by atoms with Gasteiger partial charge in [-0.05, 0) is 43.2 Å². The number of aromatic hydroxyl groups is 1. The predicted molar refractivity (Wildman–Crippen MR) is 135 cm³/mol. The molecule has 1 heterocycles. The Balaban J connectivity index is 2.10. The van der Waals surface area contributed by atoms with E-state index in [1.165, 1.54) is 30.3 Å². The fraction of sp³-hybridized carbons (Fsp3) is 0.417. The number of carbonyl (C=O) groups is 3. The summed E-state index contributed by atoms with van der Waals surface area (Å²) in [5, 5.41) is 25.0. The summed E-state index contributed by atoms with van der Waals surface area (Å²) in [5.41, 5.74) is 0.368. The molecule has 0 fully saturated rings. The number of hydrogen-bond acceptors (Lipinski definition) is 7. The first kappa shape index (κ1) is 29.9. The Hall–Kier alpha value is -3.31. The van der Waals surface area contributed by atoms with Crippen LogP contribution in [0.5, 0.6) is 5.75 Å². The predicted octanol–water partition coefficient (Wildman–Crippen LogP) is 1.88. The van der Waals surface area contributed by atoms with Crippen LogP contribution in [0.3, 0.4) is 0 Å². The van der Waals surface area contributed by atoms with Gasteiger partial charge in [0.1, 0.15) is 11.4 Å². The lowest BCUT2D eigenvalue weighted by Crippen LogP contribution is -2.47. The minimum absolute atomic E-state index is 0.0266. The second-order valence-corrected chi connectivity index (χ2v) is 10.1. The normalized spacial score (nSPS) is 12.9. The Morgan fingerprint density at radius 1 is 1.14 bits per heavy atom. The quantitative estimate of drug-likeness (QED) is 0.0523. The molecule has 2 rings (SSSR count). The van der Waals surface area contributed by atoms with Gasteiger partial charge in [0.25, 0.3) is 5.91 Å². The molecule has 0 bridgehead atoms. The summed E-state index contributed by atoms with van der Waals surface area (Å²) in [6.45, 7) is 3.55. The molecule has 0 aliphatic rings. The van der Waals surface area contributed by atoms with Crippen molar-refractivity contribution in [3.63, 3.8) is 0 Å². The lowest BCUT2D eigenvalue weighted by atomic mass is 9.90. The third-order valence-electron chi connectivity index (χ3n) is 5.81. The summed E-state index contributed by atoms with van der Waals surface area (Å²) in [6, 6.07) is 7.13. The van der Waals surface area contributed by atoms with Gasteiger partial charge in [-0.3, -0.25) is 24.2 Å². The summed E-state index contributed by atoms with van der Waals surface area (Å²) in [4.78, 5) is 59.6. The Bertz CT molecular complexity index is 1140. The van der Waals surface area contributed by atoms with Crippen LogP contribution in [0.4, 0.5) is 0 Å². The minimum Gasteiger partial charge on any atom is -0.508 e. The molecule has 2 unspecified atom stereocenters. The molecule has 37 heavy (non-hydrogen) atoms. The van der Waals surface area contributed by atoms with Crippen LogP contribution in [-0.4, -0.2) is 61.1 Å². The van der Waals surface area contributed by atoms with Crippen LogP contribution in [0, 0.1) is 5.92 Å². The van der Waals surface area contributed by atoms with Crippen molar-refractivity contribution in [2.75, 3.05) is 6.67 Å². The van der Waals surface area contributed by atoms with Gasteiger partial charge in [0.15, 0.2) is 0 Å². The Morgan fingerprint density at radius 3 is 2.49 bits per heavy atom. The lowest BCUT2D eigenvalue weighted by molar-refractivity contribution is -0.168. The van der Waals surface area contributed by atoms with E-state index in [2.05, 4.69) is 15.6 Å². The van der Waals surface area contributed by atoms with Crippen molar-refractivity contribution in [2.45, 2.75) is 52.0 Å². The molecule has 13 heteroatoms. The van der Waals surface area contributed by atoms with Crippen molar-refractivity contribution in [1.29, 1.82) is 0 Å². The van der Waals surface area contributed by atoms with Crippen LogP contribution >= 0.6 is 7.60 Å². The van der Waals surface area contributed by atoms with E-state index >= 15 is 0 Å². The summed E-state index contributed by atoms with van der Waals surface area (Å²) in [5.74, 6) is -2.08. The average Bonchev–Trinajstić information content (AvgIpc) is 2.87. The molecule has 2 atom stereocenters. The van der Waals surface area contributed by atoms with Gasteiger partial charge in [0, 0.05) is 5.56 Å². The number of amides is 3. The average molecular weight is 537 g/mol. The van der Waals surface area contributed by atoms with E-state index < -0.39 is 36.7 Å². The summed E-state index contributed by atoms with van der Waals surface area (Å²) >= 11 is 0. The molecule has 202 valence electrons. The molecule has 0 saturated carbocycles. The zero-order chi connectivity index (χ0) is 27.6. The fourth-order valence-corrected chi connectivity index (χ4v) is 4.52. The maximum atomic E-state index is 12.8. The van der Waals surface area contributed by atoms with Crippen molar-refractivity contribution in [2.24, 2.45) is 5.92 Å².